The smallest absolute Gasteiger partial charge is 0.744 e. The SMILES string of the molecule is C#Cc1ccc(-c2cc(C)ccc2Oc2ccc(Oc3ccc(C(=O)c4ccc(C)cc4)cc3)c(S(=O)(=O)[O-])c2)cc1.[K+]. The van der Waals surface area contributed by atoms with E-state index >= 15 is 0 Å². The van der Waals surface area contributed by atoms with Gasteiger partial charge in [-0.15, -0.1) is 6.42 Å². The number of ketones is 1. The van der Waals surface area contributed by atoms with Crippen molar-refractivity contribution in [2.45, 2.75) is 18.7 Å². The number of hydrogen-bond acceptors (Lipinski definition) is 6. The van der Waals surface area contributed by atoms with Gasteiger partial charge in [-0.1, -0.05) is 59.5 Å². The van der Waals surface area contributed by atoms with Crippen LogP contribution in [0.5, 0.6) is 23.0 Å². The molecule has 0 radical (unpaired) electrons. The summed E-state index contributed by atoms with van der Waals surface area (Å²) in [7, 11) is -4.93. The van der Waals surface area contributed by atoms with Crippen LogP contribution in [-0.2, 0) is 10.1 Å². The number of ether oxygens (including phenoxy) is 2. The third-order valence-electron chi connectivity index (χ3n) is 6.57. The van der Waals surface area contributed by atoms with Crippen LogP contribution in [0.2, 0.25) is 0 Å². The summed E-state index contributed by atoms with van der Waals surface area (Å²) in [6.07, 6.45) is 5.48. The Morgan fingerprint density at radius 2 is 1.23 bits per heavy atom. The van der Waals surface area contributed by atoms with E-state index in [1.807, 2.05) is 62.4 Å². The summed E-state index contributed by atoms with van der Waals surface area (Å²) < 4.78 is 48.5. The van der Waals surface area contributed by atoms with Crippen LogP contribution >= 0.6 is 0 Å². The zero-order valence-corrected chi connectivity index (χ0v) is 27.8. The van der Waals surface area contributed by atoms with Gasteiger partial charge in [0.15, 0.2) is 5.78 Å². The molecule has 0 saturated carbocycles. The molecule has 0 aromatic heterocycles. The quantitative estimate of drug-likeness (QED) is 0.109. The van der Waals surface area contributed by atoms with Gasteiger partial charge < -0.3 is 14.0 Å². The van der Waals surface area contributed by atoms with E-state index in [1.165, 1.54) is 24.3 Å². The molecule has 0 N–H and O–H groups in total. The number of terminal acetylenes is 1. The third kappa shape index (κ3) is 7.90. The van der Waals surface area contributed by atoms with Gasteiger partial charge in [-0.3, -0.25) is 4.79 Å². The molecule has 5 aromatic carbocycles. The Bertz CT molecular complexity index is 1920. The average Bonchev–Trinajstić information content (AvgIpc) is 2.99. The Hall–Kier alpha value is -3.52. The van der Waals surface area contributed by atoms with Crippen molar-refractivity contribution in [2.24, 2.45) is 0 Å². The summed E-state index contributed by atoms with van der Waals surface area (Å²) >= 11 is 0. The second-order valence-corrected chi connectivity index (χ2v) is 11.1. The minimum absolute atomic E-state index is 0. The first-order valence-corrected chi connectivity index (χ1v) is 14.4. The Labute approximate surface area is 293 Å². The average molecular weight is 613 g/mol. The Balaban J connectivity index is 0.00000423. The maximum atomic E-state index is 12.8. The van der Waals surface area contributed by atoms with Crippen molar-refractivity contribution in [2.75, 3.05) is 0 Å². The van der Waals surface area contributed by atoms with Crippen LogP contribution in [0.25, 0.3) is 11.1 Å². The molecule has 5 aromatic rings. The zero-order chi connectivity index (χ0) is 29.9. The number of carbonyl (C=O) groups excluding carboxylic acids is 1. The minimum Gasteiger partial charge on any atom is -0.744 e. The fraction of sp³-hybridized carbons (Fsp3) is 0.0571. The summed E-state index contributed by atoms with van der Waals surface area (Å²) in [5.41, 5.74) is 5.39. The van der Waals surface area contributed by atoms with Gasteiger partial charge >= 0.3 is 51.4 Å². The van der Waals surface area contributed by atoms with Crippen LogP contribution in [0, 0.1) is 26.2 Å². The van der Waals surface area contributed by atoms with Crippen molar-refractivity contribution in [3.05, 3.63) is 137 Å². The van der Waals surface area contributed by atoms with Gasteiger partial charge in [-0.25, -0.2) is 8.42 Å². The van der Waals surface area contributed by atoms with E-state index < -0.39 is 15.0 Å². The first kappa shape index (κ1) is 32.4. The number of carbonyl (C=O) groups is 1. The summed E-state index contributed by atoms with van der Waals surface area (Å²) in [5, 5.41) is 0. The molecule has 0 aliphatic rings. The predicted molar refractivity (Wildman–Crippen MR) is 160 cm³/mol. The molecule has 0 aliphatic heterocycles. The molecule has 43 heavy (non-hydrogen) atoms. The molecular formula is C35H25KO6S. The van der Waals surface area contributed by atoms with Crippen LogP contribution < -0.4 is 60.9 Å². The van der Waals surface area contributed by atoms with Crippen LogP contribution in [-0.4, -0.2) is 18.8 Å². The largest absolute Gasteiger partial charge is 1.00 e. The Kier molecular flexibility index (Phi) is 10.4. The van der Waals surface area contributed by atoms with Crippen LogP contribution in [0.15, 0.2) is 114 Å². The molecule has 0 spiro atoms. The van der Waals surface area contributed by atoms with Crippen molar-refractivity contribution >= 4 is 15.9 Å². The molecule has 6 nitrogen and oxygen atoms in total. The number of rotatable bonds is 8. The van der Waals surface area contributed by atoms with Crippen molar-refractivity contribution in [1.82, 2.24) is 0 Å². The van der Waals surface area contributed by atoms with Crippen molar-refractivity contribution in [3.8, 4) is 46.5 Å². The molecule has 8 heteroatoms. The number of benzene rings is 5. The molecule has 0 atom stereocenters. The summed E-state index contributed by atoms with van der Waals surface area (Å²) in [6.45, 7) is 3.89. The monoisotopic (exact) mass is 612 g/mol. The van der Waals surface area contributed by atoms with Gasteiger partial charge in [0.05, 0.1) is 0 Å². The molecule has 0 unspecified atom stereocenters. The summed E-state index contributed by atoms with van der Waals surface area (Å²) in [6, 6.07) is 30.5. The van der Waals surface area contributed by atoms with E-state index in [2.05, 4.69) is 5.92 Å². The van der Waals surface area contributed by atoms with Gasteiger partial charge in [-0.2, -0.15) is 0 Å². The van der Waals surface area contributed by atoms with Crippen molar-refractivity contribution in [3.63, 3.8) is 0 Å². The molecule has 0 aliphatic carbocycles. The van der Waals surface area contributed by atoms with Crippen LogP contribution in [0.1, 0.15) is 32.6 Å². The molecule has 5 rings (SSSR count). The van der Waals surface area contributed by atoms with E-state index in [9.17, 15) is 17.8 Å². The van der Waals surface area contributed by atoms with Gasteiger partial charge in [0.2, 0.25) is 0 Å². The topological polar surface area (TPSA) is 92.7 Å². The van der Waals surface area contributed by atoms with E-state index in [1.54, 1.807) is 30.3 Å². The van der Waals surface area contributed by atoms with Crippen molar-refractivity contribution in [1.29, 1.82) is 0 Å². The van der Waals surface area contributed by atoms with E-state index in [0.717, 1.165) is 33.9 Å². The van der Waals surface area contributed by atoms with Crippen LogP contribution in [0.4, 0.5) is 0 Å². The molecule has 0 fully saturated rings. The third-order valence-corrected chi connectivity index (χ3v) is 7.43. The molecule has 0 amide bonds. The zero-order valence-electron chi connectivity index (χ0n) is 23.8. The maximum absolute atomic E-state index is 12.8. The summed E-state index contributed by atoms with van der Waals surface area (Å²) in [5.74, 6) is 3.12. The number of hydrogen-bond donors (Lipinski definition) is 0. The van der Waals surface area contributed by atoms with Crippen molar-refractivity contribution < 1.29 is 78.6 Å². The molecule has 0 heterocycles. The predicted octanol–water partition coefficient (Wildman–Crippen LogP) is 4.68. The maximum Gasteiger partial charge on any atom is 1.00 e. The van der Waals surface area contributed by atoms with Gasteiger partial charge in [-0.05, 0) is 80.1 Å². The molecule has 0 bridgehead atoms. The van der Waals surface area contributed by atoms with E-state index in [0.29, 0.717) is 16.9 Å². The van der Waals surface area contributed by atoms with Crippen LogP contribution in [0.3, 0.4) is 0 Å². The fourth-order valence-electron chi connectivity index (χ4n) is 4.34. The van der Waals surface area contributed by atoms with E-state index in [-0.39, 0.29) is 74.4 Å². The van der Waals surface area contributed by atoms with Gasteiger partial charge in [0, 0.05) is 28.3 Å². The molecular weight excluding hydrogens is 588 g/mol. The fourth-order valence-corrected chi connectivity index (χ4v) is 4.95. The normalized spacial score (nSPS) is 10.7. The Morgan fingerprint density at radius 1 is 0.698 bits per heavy atom. The minimum atomic E-state index is -4.93. The molecule has 208 valence electrons. The molecule has 0 saturated heterocycles. The first-order chi connectivity index (χ1) is 20.1. The van der Waals surface area contributed by atoms with Gasteiger partial charge in [0.1, 0.15) is 38.0 Å². The standard InChI is InChI=1S/C35H26O6S.K/c1-4-25-8-12-26(13-9-25)31-21-24(3)7-19-32(31)41-30-18-20-33(34(22-30)42(37,38)39)40-29-16-14-28(15-17-29)35(36)27-10-5-23(2)6-11-27;/h1,5-22H,2-3H3,(H,37,38,39);/q;+1/p-1. The summed E-state index contributed by atoms with van der Waals surface area (Å²) in [4.78, 5) is 12.2. The first-order valence-electron chi connectivity index (χ1n) is 13.0. The van der Waals surface area contributed by atoms with E-state index in [4.69, 9.17) is 15.9 Å². The number of aryl methyl sites for hydroxylation is 2. The second kappa shape index (κ2) is 13.8. The van der Waals surface area contributed by atoms with Gasteiger partial charge in [0.25, 0.3) is 0 Å². The Morgan fingerprint density at radius 3 is 1.84 bits per heavy atom. The second-order valence-electron chi connectivity index (χ2n) is 9.71.